The zero-order chi connectivity index (χ0) is 19.8. The molecule has 9 nitrogen and oxygen atoms in total. The third kappa shape index (κ3) is 5.91. The van der Waals surface area contributed by atoms with Crippen molar-refractivity contribution in [1.82, 2.24) is 9.55 Å². The average molecular weight is 375 g/mol. The number of nitro benzene ring substituents is 1. The van der Waals surface area contributed by atoms with Crippen LogP contribution in [0.25, 0.3) is 0 Å². The predicted molar refractivity (Wildman–Crippen MR) is 97.9 cm³/mol. The highest BCUT2D eigenvalue weighted by Gasteiger charge is 2.10. The molecular formula is C18H21N3O6. The molecule has 2 aromatic rings. The number of nitro groups is 1. The van der Waals surface area contributed by atoms with Crippen molar-refractivity contribution in [2.24, 2.45) is 0 Å². The topological polar surface area (TPSA) is 124 Å². The number of hydrogen-bond donors (Lipinski definition) is 1. The van der Waals surface area contributed by atoms with Crippen LogP contribution in [0.3, 0.4) is 0 Å². The summed E-state index contributed by atoms with van der Waals surface area (Å²) in [4.78, 5) is 47.1. The molecule has 0 amide bonds. The second-order valence-corrected chi connectivity index (χ2v) is 6.12. The van der Waals surface area contributed by atoms with Gasteiger partial charge in [-0.05, 0) is 38.3 Å². The Morgan fingerprint density at radius 2 is 1.81 bits per heavy atom. The Hall–Kier alpha value is -3.23. The zero-order valence-electron chi connectivity index (χ0n) is 15.0. The minimum absolute atomic E-state index is 0.0802. The van der Waals surface area contributed by atoms with Crippen molar-refractivity contribution in [3.05, 3.63) is 72.5 Å². The molecule has 0 atom stereocenters. The van der Waals surface area contributed by atoms with Crippen molar-refractivity contribution < 1.29 is 14.5 Å². The standard InChI is InChI=1S/C18H21N3O6/c1-13-12-20(18(24)19-16(13)22)10-4-2-3-5-11-27-17(23)14-6-8-15(9-7-14)21(25)26/h6-9,12H,2-5,10-11H2,1H3,(H,19,22,24). The first kappa shape index (κ1) is 20.1. The van der Waals surface area contributed by atoms with Crippen LogP contribution in [-0.4, -0.2) is 27.1 Å². The molecule has 0 saturated heterocycles. The van der Waals surface area contributed by atoms with Crippen molar-refractivity contribution in [3.8, 4) is 0 Å². The van der Waals surface area contributed by atoms with Gasteiger partial charge in [0.2, 0.25) is 0 Å². The van der Waals surface area contributed by atoms with E-state index < -0.39 is 16.6 Å². The number of unbranched alkanes of at least 4 members (excludes halogenated alkanes) is 3. The van der Waals surface area contributed by atoms with Crippen LogP contribution in [-0.2, 0) is 11.3 Å². The number of aryl methyl sites for hydroxylation is 2. The highest BCUT2D eigenvalue weighted by Crippen LogP contribution is 2.13. The van der Waals surface area contributed by atoms with E-state index in [0.29, 0.717) is 18.5 Å². The van der Waals surface area contributed by atoms with Crippen molar-refractivity contribution in [2.75, 3.05) is 6.61 Å². The van der Waals surface area contributed by atoms with Crippen molar-refractivity contribution in [1.29, 1.82) is 0 Å². The second-order valence-electron chi connectivity index (χ2n) is 6.12. The number of nitrogens with one attached hydrogen (secondary N) is 1. The van der Waals surface area contributed by atoms with E-state index in [-0.39, 0.29) is 23.4 Å². The summed E-state index contributed by atoms with van der Waals surface area (Å²) in [5.41, 5.74) is -0.0989. The summed E-state index contributed by atoms with van der Waals surface area (Å²) < 4.78 is 6.62. The lowest BCUT2D eigenvalue weighted by Crippen LogP contribution is -2.30. The molecule has 1 N–H and O–H groups in total. The van der Waals surface area contributed by atoms with Crippen LogP contribution in [0.2, 0.25) is 0 Å². The number of H-pyrrole nitrogens is 1. The fourth-order valence-electron chi connectivity index (χ4n) is 2.49. The van der Waals surface area contributed by atoms with Crippen LogP contribution in [0, 0.1) is 17.0 Å². The van der Waals surface area contributed by atoms with Crippen molar-refractivity contribution in [3.63, 3.8) is 0 Å². The Labute approximate surface area is 154 Å². The fourth-order valence-corrected chi connectivity index (χ4v) is 2.49. The zero-order valence-corrected chi connectivity index (χ0v) is 15.0. The van der Waals surface area contributed by atoms with Gasteiger partial charge < -0.3 is 9.30 Å². The Bertz CT molecular complexity index is 914. The SMILES string of the molecule is Cc1cn(CCCCCCOC(=O)c2ccc([N+](=O)[O-])cc2)c(=O)[nH]c1=O. The fraction of sp³-hybridized carbons (Fsp3) is 0.389. The normalized spacial score (nSPS) is 10.6. The maximum absolute atomic E-state index is 11.8. The lowest BCUT2D eigenvalue weighted by molar-refractivity contribution is -0.384. The van der Waals surface area contributed by atoms with Gasteiger partial charge in [-0.2, -0.15) is 0 Å². The number of carbonyl (C=O) groups is 1. The maximum Gasteiger partial charge on any atom is 0.338 e. The molecule has 0 aliphatic carbocycles. The molecule has 2 rings (SSSR count). The molecule has 1 aromatic heterocycles. The van der Waals surface area contributed by atoms with Crippen molar-refractivity contribution in [2.45, 2.75) is 39.2 Å². The molecule has 144 valence electrons. The molecule has 9 heteroatoms. The van der Waals surface area contributed by atoms with Crippen LogP contribution in [0.1, 0.15) is 41.6 Å². The molecular weight excluding hydrogens is 354 g/mol. The van der Waals surface area contributed by atoms with Gasteiger partial charge in [-0.3, -0.25) is 19.9 Å². The summed E-state index contributed by atoms with van der Waals surface area (Å²) in [7, 11) is 0. The predicted octanol–water partition coefficient (Wildman–Crippen LogP) is 2.17. The number of aromatic amines is 1. The summed E-state index contributed by atoms with van der Waals surface area (Å²) in [5.74, 6) is -0.514. The highest BCUT2D eigenvalue weighted by molar-refractivity contribution is 5.89. The van der Waals surface area contributed by atoms with E-state index >= 15 is 0 Å². The Morgan fingerprint density at radius 3 is 2.48 bits per heavy atom. The largest absolute Gasteiger partial charge is 0.462 e. The Morgan fingerprint density at radius 1 is 1.15 bits per heavy atom. The van der Waals surface area contributed by atoms with E-state index in [2.05, 4.69) is 4.98 Å². The molecule has 1 heterocycles. The smallest absolute Gasteiger partial charge is 0.338 e. The number of carbonyl (C=O) groups excluding carboxylic acids is 1. The quantitative estimate of drug-likeness (QED) is 0.310. The number of hydrogen-bond acceptors (Lipinski definition) is 6. The highest BCUT2D eigenvalue weighted by atomic mass is 16.6. The summed E-state index contributed by atoms with van der Waals surface area (Å²) in [5, 5.41) is 10.6. The summed E-state index contributed by atoms with van der Waals surface area (Å²) in [6.07, 6.45) is 4.66. The van der Waals surface area contributed by atoms with Gasteiger partial charge in [0.05, 0.1) is 17.1 Å². The summed E-state index contributed by atoms with van der Waals surface area (Å²) in [6, 6.07) is 5.25. The molecule has 0 aliphatic rings. The molecule has 1 aromatic carbocycles. The van der Waals surface area contributed by atoms with Crippen LogP contribution in [0.4, 0.5) is 5.69 Å². The maximum atomic E-state index is 11.8. The number of ether oxygens (including phenoxy) is 1. The van der Waals surface area contributed by atoms with Gasteiger partial charge in [-0.25, -0.2) is 9.59 Å². The summed E-state index contributed by atoms with van der Waals surface area (Å²) in [6.45, 7) is 2.42. The van der Waals surface area contributed by atoms with Gasteiger partial charge in [0.15, 0.2) is 0 Å². The van der Waals surface area contributed by atoms with E-state index in [1.54, 1.807) is 13.1 Å². The minimum atomic E-state index is -0.530. The van der Waals surface area contributed by atoms with E-state index in [9.17, 15) is 24.5 Å². The molecule has 0 bridgehead atoms. The molecule has 0 aliphatic heterocycles. The molecule has 0 radical (unpaired) electrons. The Kier molecular flexibility index (Phi) is 7.04. The van der Waals surface area contributed by atoms with Crippen molar-refractivity contribution >= 4 is 11.7 Å². The monoisotopic (exact) mass is 375 g/mol. The van der Waals surface area contributed by atoms with E-state index in [4.69, 9.17) is 4.74 Å². The number of benzene rings is 1. The van der Waals surface area contributed by atoms with Crippen LogP contribution >= 0.6 is 0 Å². The van der Waals surface area contributed by atoms with Crippen LogP contribution in [0.5, 0.6) is 0 Å². The van der Waals surface area contributed by atoms with Crippen LogP contribution in [0.15, 0.2) is 40.1 Å². The van der Waals surface area contributed by atoms with Gasteiger partial charge >= 0.3 is 11.7 Å². The third-order valence-electron chi connectivity index (χ3n) is 4.03. The Balaban J connectivity index is 1.65. The lowest BCUT2D eigenvalue weighted by Gasteiger charge is -2.07. The average Bonchev–Trinajstić information content (AvgIpc) is 2.64. The minimum Gasteiger partial charge on any atom is -0.462 e. The van der Waals surface area contributed by atoms with Crippen LogP contribution < -0.4 is 11.2 Å². The van der Waals surface area contributed by atoms with E-state index in [1.165, 1.54) is 28.8 Å². The lowest BCUT2D eigenvalue weighted by atomic mass is 10.2. The molecule has 0 fully saturated rings. The first-order chi connectivity index (χ1) is 12.9. The first-order valence-corrected chi connectivity index (χ1v) is 8.60. The van der Waals surface area contributed by atoms with Gasteiger partial charge in [-0.15, -0.1) is 0 Å². The van der Waals surface area contributed by atoms with E-state index in [1.807, 2.05) is 0 Å². The van der Waals surface area contributed by atoms with Gasteiger partial charge in [-0.1, -0.05) is 6.42 Å². The van der Waals surface area contributed by atoms with Gasteiger partial charge in [0.25, 0.3) is 11.2 Å². The number of aromatic nitrogens is 2. The molecule has 27 heavy (non-hydrogen) atoms. The molecule has 0 spiro atoms. The first-order valence-electron chi connectivity index (χ1n) is 8.60. The number of esters is 1. The van der Waals surface area contributed by atoms with Gasteiger partial charge in [0, 0.05) is 30.4 Å². The van der Waals surface area contributed by atoms with E-state index in [0.717, 1.165) is 19.3 Å². The number of non-ortho nitro benzene ring substituents is 1. The number of rotatable bonds is 9. The molecule has 0 saturated carbocycles. The second kappa shape index (κ2) is 9.46. The number of nitrogens with zero attached hydrogens (tertiary/aromatic N) is 2. The summed E-state index contributed by atoms with van der Waals surface area (Å²) >= 11 is 0. The molecule has 0 unspecified atom stereocenters. The third-order valence-corrected chi connectivity index (χ3v) is 4.03. The van der Waals surface area contributed by atoms with Gasteiger partial charge in [0.1, 0.15) is 0 Å².